The van der Waals surface area contributed by atoms with Gasteiger partial charge >= 0.3 is 0 Å². The molecule has 0 aromatic carbocycles. The fourth-order valence-corrected chi connectivity index (χ4v) is 3.34. The van der Waals surface area contributed by atoms with Gasteiger partial charge < -0.3 is 4.90 Å². The summed E-state index contributed by atoms with van der Waals surface area (Å²) < 4.78 is 3.89. The van der Waals surface area contributed by atoms with Crippen molar-refractivity contribution in [1.82, 2.24) is 24.5 Å². The number of aryl methyl sites for hydroxylation is 1. The van der Waals surface area contributed by atoms with Crippen LogP contribution in [-0.2, 0) is 20.0 Å². The van der Waals surface area contributed by atoms with E-state index in [1.165, 1.54) is 30.5 Å². The quantitative estimate of drug-likeness (QED) is 0.851. The standard InChI is InChI=1S/C16H21N5O/c1-19-15-6-3-7-20(10-12(15)8-17-19)16(22)13-9-18-21(11-13)14-4-2-5-14/h8-9,11,14H,2-7,10H2,1H3. The summed E-state index contributed by atoms with van der Waals surface area (Å²) in [6.07, 6.45) is 11.1. The Morgan fingerprint density at radius 2 is 2.09 bits per heavy atom. The second kappa shape index (κ2) is 5.26. The highest BCUT2D eigenvalue weighted by molar-refractivity contribution is 5.93. The van der Waals surface area contributed by atoms with Crippen molar-refractivity contribution in [2.45, 2.75) is 44.7 Å². The van der Waals surface area contributed by atoms with E-state index in [2.05, 4.69) is 10.2 Å². The van der Waals surface area contributed by atoms with Crippen LogP contribution in [0, 0.1) is 0 Å². The number of fused-ring (bicyclic) bond motifs is 1. The van der Waals surface area contributed by atoms with E-state index < -0.39 is 0 Å². The SMILES string of the molecule is Cn1ncc2c1CCCN(C(=O)c1cnn(C3CCC3)c1)C2. The molecular formula is C16H21N5O. The average molecular weight is 299 g/mol. The van der Waals surface area contributed by atoms with Gasteiger partial charge in [-0.1, -0.05) is 0 Å². The molecule has 0 N–H and O–H groups in total. The molecule has 0 radical (unpaired) electrons. The molecule has 22 heavy (non-hydrogen) atoms. The van der Waals surface area contributed by atoms with Gasteiger partial charge in [-0.15, -0.1) is 0 Å². The summed E-state index contributed by atoms with van der Waals surface area (Å²) in [5.41, 5.74) is 3.12. The molecule has 0 spiro atoms. The number of carbonyl (C=O) groups excluding carboxylic acids is 1. The topological polar surface area (TPSA) is 56.0 Å². The molecule has 1 fully saturated rings. The van der Waals surface area contributed by atoms with Crippen LogP contribution in [0.3, 0.4) is 0 Å². The van der Waals surface area contributed by atoms with E-state index in [1.54, 1.807) is 6.20 Å². The van der Waals surface area contributed by atoms with Gasteiger partial charge in [0.05, 0.1) is 24.0 Å². The Bertz CT molecular complexity index is 697. The van der Waals surface area contributed by atoms with Crippen LogP contribution >= 0.6 is 0 Å². The van der Waals surface area contributed by atoms with Gasteiger partial charge in [0.15, 0.2) is 0 Å². The normalized spacial score (nSPS) is 18.7. The Morgan fingerprint density at radius 1 is 1.23 bits per heavy atom. The minimum atomic E-state index is 0.0854. The van der Waals surface area contributed by atoms with Crippen molar-refractivity contribution < 1.29 is 4.79 Å². The van der Waals surface area contributed by atoms with Crippen molar-refractivity contribution in [3.63, 3.8) is 0 Å². The lowest BCUT2D eigenvalue weighted by Gasteiger charge is -2.25. The van der Waals surface area contributed by atoms with Gasteiger partial charge in [-0.05, 0) is 32.1 Å². The minimum absolute atomic E-state index is 0.0854. The van der Waals surface area contributed by atoms with Gasteiger partial charge in [-0.25, -0.2) is 0 Å². The van der Waals surface area contributed by atoms with Crippen LogP contribution in [0.25, 0.3) is 0 Å². The summed E-state index contributed by atoms with van der Waals surface area (Å²) in [4.78, 5) is 14.7. The van der Waals surface area contributed by atoms with E-state index in [1.807, 2.05) is 33.7 Å². The van der Waals surface area contributed by atoms with Crippen LogP contribution in [0.1, 0.15) is 53.3 Å². The first-order valence-corrected chi connectivity index (χ1v) is 8.05. The van der Waals surface area contributed by atoms with Crippen LogP contribution in [0.2, 0.25) is 0 Å². The number of aromatic nitrogens is 4. The molecule has 0 atom stereocenters. The van der Waals surface area contributed by atoms with Crippen LogP contribution in [0.15, 0.2) is 18.6 Å². The van der Waals surface area contributed by atoms with E-state index in [4.69, 9.17) is 0 Å². The average Bonchev–Trinajstić information content (AvgIpc) is 2.98. The van der Waals surface area contributed by atoms with Gasteiger partial charge in [0, 0.05) is 37.6 Å². The maximum absolute atomic E-state index is 12.8. The third-order valence-corrected chi connectivity index (χ3v) is 4.94. The number of carbonyl (C=O) groups is 1. The number of amides is 1. The third-order valence-electron chi connectivity index (χ3n) is 4.94. The molecular weight excluding hydrogens is 278 g/mol. The van der Waals surface area contributed by atoms with Gasteiger partial charge in [0.25, 0.3) is 5.91 Å². The molecule has 2 aliphatic rings. The molecule has 1 aliphatic heterocycles. The first kappa shape index (κ1) is 13.5. The Kier molecular flexibility index (Phi) is 3.24. The lowest BCUT2D eigenvalue weighted by molar-refractivity contribution is 0.0745. The van der Waals surface area contributed by atoms with Crippen LogP contribution in [0.4, 0.5) is 0 Å². The van der Waals surface area contributed by atoms with Crippen molar-refractivity contribution in [2.75, 3.05) is 6.54 Å². The summed E-state index contributed by atoms with van der Waals surface area (Å²) >= 11 is 0. The first-order chi connectivity index (χ1) is 10.7. The molecule has 0 unspecified atom stereocenters. The largest absolute Gasteiger partial charge is 0.334 e. The second-order valence-electron chi connectivity index (χ2n) is 6.36. The zero-order valence-corrected chi connectivity index (χ0v) is 12.9. The molecule has 1 aliphatic carbocycles. The monoisotopic (exact) mass is 299 g/mol. The highest BCUT2D eigenvalue weighted by Crippen LogP contribution is 2.31. The first-order valence-electron chi connectivity index (χ1n) is 8.05. The molecule has 0 saturated heterocycles. The summed E-state index contributed by atoms with van der Waals surface area (Å²) in [7, 11) is 1.97. The summed E-state index contributed by atoms with van der Waals surface area (Å²) in [5.74, 6) is 0.0854. The highest BCUT2D eigenvalue weighted by Gasteiger charge is 2.25. The van der Waals surface area contributed by atoms with E-state index in [-0.39, 0.29) is 5.91 Å². The van der Waals surface area contributed by atoms with Gasteiger partial charge in [-0.2, -0.15) is 10.2 Å². The highest BCUT2D eigenvalue weighted by atomic mass is 16.2. The van der Waals surface area contributed by atoms with Crippen molar-refractivity contribution in [2.24, 2.45) is 7.05 Å². The predicted octanol–water partition coefficient (Wildman–Crippen LogP) is 1.93. The summed E-state index contributed by atoms with van der Waals surface area (Å²) in [5, 5.41) is 8.69. The van der Waals surface area contributed by atoms with Crippen LogP contribution in [-0.4, -0.2) is 36.9 Å². The molecule has 2 aromatic rings. The fourth-order valence-electron chi connectivity index (χ4n) is 3.34. The Morgan fingerprint density at radius 3 is 2.86 bits per heavy atom. The van der Waals surface area contributed by atoms with E-state index in [0.717, 1.165) is 19.4 Å². The maximum atomic E-state index is 12.8. The third kappa shape index (κ3) is 2.23. The number of nitrogens with zero attached hydrogens (tertiary/aromatic N) is 5. The van der Waals surface area contributed by atoms with Crippen molar-refractivity contribution in [1.29, 1.82) is 0 Å². The van der Waals surface area contributed by atoms with E-state index >= 15 is 0 Å². The summed E-state index contributed by atoms with van der Waals surface area (Å²) in [6, 6.07) is 0.496. The van der Waals surface area contributed by atoms with Crippen molar-refractivity contribution >= 4 is 5.91 Å². The molecule has 116 valence electrons. The molecule has 6 heteroatoms. The lowest BCUT2D eigenvalue weighted by atomic mass is 9.93. The molecule has 0 bridgehead atoms. The maximum Gasteiger partial charge on any atom is 0.257 e. The number of hydrogen-bond acceptors (Lipinski definition) is 3. The Hall–Kier alpha value is -2.11. The lowest BCUT2D eigenvalue weighted by Crippen LogP contribution is -2.30. The van der Waals surface area contributed by atoms with Crippen LogP contribution in [0.5, 0.6) is 0 Å². The molecule has 1 saturated carbocycles. The second-order valence-corrected chi connectivity index (χ2v) is 6.36. The predicted molar refractivity (Wildman–Crippen MR) is 81.4 cm³/mol. The molecule has 2 aromatic heterocycles. The Labute approximate surface area is 129 Å². The van der Waals surface area contributed by atoms with Crippen LogP contribution < -0.4 is 0 Å². The van der Waals surface area contributed by atoms with Crippen molar-refractivity contribution in [3.05, 3.63) is 35.4 Å². The molecule has 1 amide bonds. The summed E-state index contributed by atoms with van der Waals surface area (Å²) in [6.45, 7) is 1.44. The number of hydrogen-bond donors (Lipinski definition) is 0. The van der Waals surface area contributed by atoms with E-state index in [0.29, 0.717) is 18.2 Å². The van der Waals surface area contributed by atoms with Gasteiger partial charge in [0.1, 0.15) is 0 Å². The smallest absolute Gasteiger partial charge is 0.257 e. The van der Waals surface area contributed by atoms with Gasteiger partial charge in [-0.3, -0.25) is 14.2 Å². The zero-order chi connectivity index (χ0) is 15.1. The molecule has 3 heterocycles. The van der Waals surface area contributed by atoms with Crippen molar-refractivity contribution in [3.8, 4) is 0 Å². The van der Waals surface area contributed by atoms with Gasteiger partial charge in [0.2, 0.25) is 0 Å². The van der Waals surface area contributed by atoms with E-state index in [9.17, 15) is 4.79 Å². The fraction of sp³-hybridized carbons (Fsp3) is 0.562. The zero-order valence-electron chi connectivity index (χ0n) is 12.9. The molecule has 4 rings (SSSR count). The minimum Gasteiger partial charge on any atom is -0.334 e. The Balaban J connectivity index is 1.53. The molecule has 6 nitrogen and oxygen atoms in total. The number of rotatable bonds is 2.